The van der Waals surface area contributed by atoms with Gasteiger partial charge in [-0.15, -0.1) is 0 Å². The second-order valence-corrected chi connectivity index (χ2v) is 9.21. The van der Waals surface area contributed by atoms with E-state index in [1.807, 2.05) is 101 Å². The normalized spacial score (nSPS) is 16.7. The van der Waals surface area contributed by atoms with Crippen molar-refractivity contribution in [2.45, 2.75) is 25.3 Å². The first-order chi connectivity index (χ1) is 17.1. The third kappa shape index (κ3) is 4.97. The smallest absolute Gasteiger partial charge is 0.227 e. The molecule has 6 nitrogen and oxygen atoms in total. The number of fused-ring (bicyclic) bond motifs is 1. The standard InChI is InChI=1S/C29H30N4O2/c1-32-25-17-9-8-16-24(25)30-28(32)27(22-13-6-3-7-14-22)31-29(35)23-15-10-18-33(20-23)26(34)19-21-11-4-2-5-12-21/h2-9,11-14,16-17,23,27H,10,15,18-20H2,1H3,(H,31,35). The van der Waals surface area contributed by atoms with Gasteiger partial charge in [-0.1, -0.05) is 72.8 Å². The van der Waals surface area contributed by atoms with Gasteiger partial charge in [0.15, 0.2) is 0 Å². The molecular weight excluding hydrogens is 436 g/mol. The summed E-state index contributed by atoms with van der Waals surface area (Å²) in [6.45, 7) is 1.14. The van der Waals surface area contributed by atoms with E-state index in [0.717, 1.165) is 40.8 Å². The highest BCUT2D eigenvalue weighted by Crippen LogP contribution is 2.26. The Kier molecular flexibility index (Phi) is 6.62. The predicted octanol–water partition coefficient (Wildman–Crippen LogP) is 4.26. The number of nitrogens with zero attached hydrogens (tertiary/aromatic N) is 3. The van der Waals surface area contributed by atoms with Crippen LogP contribution in [-0.2, 0) is 23.1 Å². The van der Waals surface area contributed by atoms with Crippen LogP contribution in [0.25, 0.3) is 11.0 Å². The van der Waals surface area contributed by atoms with Gasteiger partial charge in [0.2, 0.25) is 11.8 Å². The third-order valence-electron chi connectivity index (χ3n) is 6.84. The Labute approximate surface area is 205 Å². The van der Waals surface area contributed by atoms with Crippen molar-refractivity contribution in [3.05, 3.63) is 102 Å². The molecule has 1 fully saturated rings. The summed E-state index contributed by atoms with van der Waals surface area (Å²) in [6.07, 6.45) is 1.95. The van der Waals surface area contributed by atoms with Gasteiger partial charge in [-0.2, -0.15) is 0 Å². The van der Waals surface area contributed by atoms with Gasteiger partial charge in [0.25, 0.3) is 0 Å². The maximum atomic E-state index is 13.5. The molecular formula is C29H30N4O2. The number of hydrogen-bond donors (Lipinski definition) is 1. The topological polar surface area (TPSA) is 67.2 Å². The van der Waals surface area contributed by atoms with Crippen molar-refractivity contribution in [3.8, 4) is 0 Å². The van der Waals surface area contributed by atoms with Gasteiger partial charge in [0, 0.05) is 20.1 Å². The van der Waals surface area contributed by atoms with Crippen LogP contribution in [0.3, 0.4) is 0 Å². The number of hydrogen-bond acceptors (Lipinski definition) is 3. The van der Waals surface area contributed by atoms with Gasteiger partial charge >= 0.3 is 0 Å². The molecule has 2 amide bonds. The predicted molar refractivity (Wildman–Crippen MR) is 137 cm³/mol. The average molecular weight is 467 g/mol. The number of aryl methyl sites for hydroxylation is 1. The monoisotopic (exact) mass is 466 g/mol. The number of aromatic nitrogens is 2. The molecule has 4 aromatic rings. The fourth-order valence-electron chi connectivity index (χ4n) is 4.92. The largest absolute Gasteiger partial charge is 0.342 e. The van der Waals surface area contributed by atoms with E-state index in [-0.39, 0.29) is 23.8 Å². The van der Waals surface area contributed by atoms with Crippen LogP contribution in [-0.4, -0.2) is 39.4 Å². The first kappa shape index (κ1) is 22.8. The van der Waals surface area contributed by atoms with Gasteiger partial charge in [0.05, 0.1) is 23.4 Å². The summed E-state index contributed by atoms with van der Waals surface area (Å²) in [7, 11) is 1.98. The fraction of sp³-hybridized carbons (Fsp3) is 0.276. The number of para-hydroxylation sites is 2. The second kappa shape index (κ2) is 10.1. The van der Waals surface area contributed by atoms with E-state index < -0.39 is 0 Å². The molecule has 2 unspecified atom stereocenters. The molecule has 0 aliphatic carbocycles. The van der Waals surface area contributed by atoms with Gasteiger partial charge in [-0.3, -0.25) is 9.59 Å². The summed E-state index contributed by atoms with van der Waals surface area (Å²) in [6, 6.07) is 27.3. The Bertz CT molecular complexity index is 1320. The molecule has 1 N–H and O–H groups in total. The van der Waals surface area contributed by atoms with E-state index in [2.05, 4.69) is 5.32 Å². The third-order valence-corrected chi connectivity index (χ3v) is 6.84. The number of imidazole rings is 1. The summed E-state index contributed by atoms with van der Waals surface area (Å²) in [5.74, 6) is 0.578. The first-order valence-corrected chi connectivity index (χ1v) is 12.2. The number of likely N-dealkylation sites (tertiary alicyclic amines) is 1. The van der Waals surface area contributed by atoms with Crippen molar-refractivity contribution in [2.75, 3.05) is 13.1 Å². The fourth-order valence-corrected chi connectivity index (χ4v) is 4.92. The zero-order chi connectivity index (χ0) is 24.2. The molecule has 1 aliphatic heterocycles. The number of nitrogens with one attached hydrogen (secondary N) is 1. The lowest BCUT2D eigenvalue weighted by Gasteiger charge is -2.33. The molecule has 0 saturated carbocycles. The van der Waals surface area contributed by atoms with E-state index in [4.69, 9.17) is 4.98 Å². The number of benzene rings is 3. The maximum Gasteiger partial charge on any atom is 0.227 e. The van der Waals surface area contributed by atoms with E-state index in [1.165, 1.54) is 0 Å². The van der Waals surface area contributed by atoms with Crippen molar-refractivity contribution in [1.29, 1.82) is 0 Å². The molecule has 3 aromatic carbocycles. The van der Waals surface area contributed by atoms with Gasteiger partial charge < -0.3 is 14.8 Å². The number of amides is 2. The minimum Gasteiger partial charge on any atom is -0.342 e. The quantitative estimate of drug-likeness (QED) is 0.462. The average Bonchev–Trinajstić information content (AvgIpc) is 3.24. The van der Waals surface area contributed by atoms with Crippen molar-refractivity contribution < 1.29 is 9.59 Å². The Morgan fingerprint density at radius 2 is 1.66 bits per heavy atom. The van der Waals surface area contributed by atoms with E-state index >= 15 is 0 Å². The molecule has 2 atom stereocenters. The lowest BCUT2D eigenvalue weighted by Crippen LogP contribution is -2.46. The number of rotatable bonds is 6. The molecule has 0 spiro atoms. The highest BCUT2D eigenvalue weighted by atomic mass is 16.2. The second-order valence-electron chi connectivity index (χ2n) is 9.21. The molecule has 0 radical (unpaired) electrons. The molecule has 178 valence electrons. The lowest BCUT2D eigenvalue weighted by molar-refractivity contribution is -0.135. The Morgan fingerprint density at radius 3 is 2.40 bits per heavy atom. The van der Waals surface area contributed by atoms with Crippen LogP contribution in [0.1, 0.15) is 35.8 Å². The number of carbonyl (C=O) groups excluding carboxylic acids is 2. The van der Waals surface area contributed by atoms with Gasteiger partial charge in [0.1, 0.15) is 11.9 Å². The Balaban J connectivity index is 1.35. The van der Waals surface area contributed by atoms with Crippen LogP contribution < -0.4 is 5.32 Å². The van der Waals surface area contributed by atoms with E-state index in [0.29, 0.717) is 19.5 Å². The SMILES string of the molecule is Cn1c(C(NC(=O)C2CCCN(C(=O)Cc3ccccc3)C2)c2ccccc2)nc2ccccc21. The van der Waals surface area contributed by atoms with Crippen molar-refractivity contribution in [1.82, 2.24) is 19.8 Å². The number of piperidine rings is 1. The van der Waals surface area contributed by atoms with Crippen molar-refractivity contribution in [3.63, 3.8) is 0 Å². The van der Waals surface area contributed by atoms with Crippen LogP contribution in [0.5, 0.6) is 0 Å². The van der Waals surface area contributed by atoms with Gasteiger partial charge in [-0.05, 0) is 36.1 Å². The summed E-state index contributed by atoms with van der Waals surface area (Å²) in [4.78, 5) is 33.1. The van der Waals surface area contributed by atoms with Crippen LogP contribution in [0.2, 0.25) is 0 Å². The summed E-state index contributed by atoms with van der Waals surface area (Å²) in [5.41, 5.74) is 3.89. The summed E-state index contributed by atoms with van der Waals surface area (Å²) < 4.78 is 2.05. The van der Waals surface area contributed by atoms with Crippen LogP contribution >= 0.6 is 0 Å². The summed E-state index contributed by atoms with van der Waals surface area (Å²) >= 11 is 0. The number of carbonyl (C=O) groups is 2. The molecule has 1 saturated heterocycles. The zero-order valence-electron chi connectivity index (χ0n) is 19.9. The van der Waals surface area contributed by atoms with Gasteiger partial charge in [-0.25, -0.2) is 4.98 Å². The highest BCUT2D eigenvalue weighted by Gasteiger charge is 2.31. The molecule has 1 aliphatic rings. The minimum absolute atomic E-state index is 0.0388. The van der Waals surface area contributed by atoms with E-state index in [1.54, 1.807) is 0 Å². The molecule has 2 heterocycles. The Hall–Kier alpha value is -3.93. The van der Waals surface area contributed by atoms with Crippen molar-refractivity contribution >= 4 is 22.8 Å². The van der Waals surface area contributed by atoms with Crippen LogP contribution in [0.15, 0.2) is 84.9 Å². The van der Waals surface area contributed by atoms with Crippen LogP contribution in [0, 0.1) is 5.92 Å². The molecule has 5 rings (SSSR count). The maximum absolute atomic E-state index is 13.5. The van der Waals surface area contributed by atoms with E-state index in [9.17, 15) is 9.59 Å². The highest BCUT2D eigenvalue weighted by molar-refractivity contribution is 5.83. The molecule has 1 aromatic heterocycles. The molecule has 35 heavy (non-hydrogen) atoms. The molecule has 6 heteroatoms. The lowest BCUT2D eigenvalue weighted by atomic mass is 9.95. The van der Waals surface area contributed by atoms with Crippen LogP contribution in [0.4, 0.5) is 0 Å². The zero-order valence-corrected chi connectivity index (χ0v) is 19.9. The van der Waals surface area contributed by atoms with Crippen molar-refractivity contribution in [2.24, 2.45) is 13.0 Å². The first-order valence-electron chi connectivity index (χ1n) is 12.2. The molecule has 0 bridgehead atoms. The minimum atomic E-state index is -0.378. The Morgan fingerprint density at radius 1 is 0.971 bits per heavy atom. The summed E-state index contributed by atoms with van der Waals surface area (Å²) in [5, 5.41) is 3.27.